The van der Waals surface area contributed by atoms with Crippen LogP contribution in [0.25, 0.3) is 11.0 Å². The molecule has 1 unspecified atom stereocenters. The van der Waals surface area contributed by atoms with Crippen LogP contribution < -0.4 is 0 Å². The summed E-state index contributed by atoms with van der Waals surface area (Å²) in [6.07, 6.45) is -0.598. The SMILES string of the molecule is CC(C)c1cc(Br)cc2cc(C(O)C(C)(C)C)oc12. The monoisotopic (exact) mass is 324 g/mol. The van der Waals surface area contributed by atoms with Gasteiger partial charge in [-0.2, -0.15) is 0 Å². The Morgan fingerprint density at radius 2 is 1.79 bits per heavy atom. The third-order valence-electron chi connectivity index (χ3n) is 3.34. The molecular formula is C16H21BrO2. The van der Waals surface area contributed by atoms with E-state index >= 15 is 0 Å². The van der Waals surface area contributed by atoms with Gasteiger partial charge >= 0.3 is 0 Å². The fourth-order valence-corrected chi connectivity index (χ4v) is 2.65. The van der Waals surface area contributed by atoms with Crippen LogP contribution in [-0.4, -0.2) is 5.11 Å². The molecule has 1 aromatic heterocycles. The highest BCUT2D eigenvalue weighted by molar-refractivity contribution is 9.10. The van der Waals surface area contributed by atoms with E-state index in [2.05, 4.69) is 35.8 Å². The molecule has 1 aromatic carbocycles. The molecule has 0 spiro atoms. The third kappa shape index (κ3) is 2.87. The zero-order valence-corrected chi connectivity index (χ0v) is 13.7. The largest absolute Gasteiger partial charge is 0.458 e. The fourth-order valence-electron chi connectivity index (χ4n) is 2.15. The van der Waals surface area contributed by atoms with Gasteiger partial charge in [-0.25, -0.2) is 0 Å². The van der Waals surface area contributed by atoms with Crippen LogP contribution in [0.1, 0.15) is 58.0 Å². The van der Waals surface area contributed by atoms with Gasteiger partial charge in [-0.15, -0.1) is 0 Å². The molecule has 2 aromatic rings. The molecule has 0 saturated heterocycles. The molecule has 0 aliphatic carbocycles. The second-order valence-electron chi connectivity index (χ2n) is 6.49. The lowest BCUT2D eigenvalue weighted by Gasteiger charge is -2.23. The molecule has 2 nitrogen and oxygen atoms in total. The zero-order valence-electron chi connectivity index (χ0n) is 12.1. The van der Waals surface area contributed by atoms with Gasteiger partial charge in [0.25, 0.3) is 0 Å². The van der Waals surface area contributed by atoms with Crippen molar-refractivity contribution in [2.24, 2.45) is 5.41 Å². The fraction of sp³-hybridized carbons (Fsp3) is 0.500. The van der Waals surface area contributed by atoms with Crippen molar-refractivity contribution in [3.8, 4) is 0 Å². The number of rotatable bonds is 2. The van der Waals surface area contributed by atoms with E-state index in [1.165, 1.54) is 0 Å². The summed E-state index contributed by atoms with van der Waals surface area (Å²) < 4.78 is 6.98. The van der Waals surface area contributed by atoms with Gasteiger partial charge in [0.1, 0.15) is 17.4 Å². The standard InChI is InChI=1S/C16H21BrO2/c1-9(2)12-8-11(17)6-10-7-13(19-14(10)12)15(18)16(3,4)5/h6-9,15,18H,1-5H3. The normalized spacial score (nSPS) is 14.3. The Morgan fingerprint density at radius 3 is 2.32 bits per heavy atom. The second-order valence-corrected chi connectivity index (χ2v) is 7.40. The van der Waals surface area contributed by atoms with E-state index in [1.807, 2.05) is 32.9 Å². The molecule has 1 atom stereocenters. The first-order valence-electron chi connectivity index (χ1n) is 6.61. The highest BCUT2D eigenvalue weighted by Gasteiger charge is 2.27. The van der Waals surface area contributed by atoms with Crippen molar-refractivity contribution in [3.63, 3.8) is 0 Å². The minimum absolute atomic E-state index is 0.233. The van der Waals surface area contributed by atoms with Crippen LogP contribution in [0.4, 0.5) is 0 Å². The van der Waals surface area contributed by atoms with Crippen molar-refractivity contribution in [2.45, 2.75) is 46.6 Å². The lowest BCUT2D eigenvalue weighted by molar-refractivity contribution is 0.0448. The summed E-state index contributed by atoms with van der Waals surface area (Å²) in [4.78, 5) is 0. The van der Waals surface area contributed by atoms with Gasteiger partial charge in [0, 0.05) is 9.86 Å². The van der Waals surface area contributed by atoms with Gasteiger partial charge in [0.2, 0.25) is 0 Å². The lowest BCUT2D eigenvalue weighted by Crippen LogP contribution is -2.17. The van der Waals surface area contributed by atoms with Crippen LogP contribution in [0.3, 0.4) is 0 Å². The maximum absolute atomic E-state index is 10.4. The average Bonchev–Trinajstić information content (AvgIpc) is 2.68. The van der Waals surface area contributed by atoms with Crippen molar-refractivity contribution >= 4 is 26.9 Å². The third-order valence-corrected chi connectivity index (χ3v) is 3.80. The molecule has 0 saturated carbocycles. The van der Waals surface area contributed by atoms with Crippen LogP contribution >= 0.6 is 15.9 Å². The van der Waals surface area contributed by atoms with E-state index in [1.54, 1.807) is 0 Å². The molecule has 1 N–H and O–H groups in total. The van der Waals surface area contributed by atoms with Crippen molar-refractivity contribution in [1.29, 1.82) is 0 Å². The van der Waals surface area contributed by atoms with E-state index in [9.17, 15) is 5.11 Å². The van der Waals surface area contributed by atoms with E-state index in [0.717, 1.165) is 21.0 Å². The first-order chi connectivity index (χ1) is 8.70. The van der Waals surface area contributed by atoms with Crippen LogP contribution in [-0.2, 0) is 0 Å². The van der Waals surface area contributed by atoms with Crippen LogP contribution in [0.5, 0.6) is 0 Å². The number of aliphatic hydroxyl groups is 1. The minimum atomic E-state index is -0.598. The Kier molecular flexibility index (Phi) is 3.80. The lowest BCUT2D eigenvalue weighted by atomic mass is 9.88. The van der Waals surface area contributed by atoms with Gasteiger partial charge in [-0.1, -0.05) is 50.5 Å². The molecule has 0 bridgehead atoms. The molecule has 0 amide bonds. The van der Waals surface area contributed by atoms with Gasteiger partial charge in [-0.3, -0.25) is 0 Å². The summed E-state index contributed by atoms with van der Waals surface area (Å²) in [6.45, 7) is 10.3. The van der Waals surface area contributed by atoms with Gasteiger partial charge in [-0.05, 0) is 35.1 Å². The molecule has 2 rings (SSSR count). The summed E-state index contributed by atoms with van der Waals surface area (Å²) in [7, 11) is 0. The molecule has 0 fully saturated rings. The van der Waals surface area contributed by atoms with Crippen molar-refractivity contribution < 1.29 is 9.52 Å². The van der Waals surface area contributed by atoms with E-state index in [4.69, 9.17) is 4.42 Å². The maximum Gasteiger partial charge on any atom is 0.137 e. The van der Waals surface area contributed by atoms with Crippen LogP contribution in [0, 0.1) is 5.41 Å². The maximum atomic E-state index is 10.4. The molecule has 0 aliphatic heterocycles. The molecule has 1 heterocycles. The molecule has 104 valence electrons. The van der Waals surface area contributed by atoms with Crippen molar-refractivity contribution in [3.05, 3.63) is 34.0 Å². The molecular weight excluding hydrogens is 304 g/mol. The summed E-state index contributed by atoms with van der Waals surface area (Å²) in [5, 5.41) is 11.4. The Morgan fingerprint density at radius 1 is 1.16 bits per heavy atom. The molecule has 0 radical (unpaired) electrons. The van der Waals surface area contributed by atoms with Gasteiger partial charge < -0.3 is 9.52 Å². The quantitative estimate of drug-likeness (QED) is 0.802. The highest BCUT2D eigenvalue weighted by atomic mass is 79.9. The van der Waals surface area contributed by atoms with Gasteiger partial charge in [0.05, 0.1) is 0 Å². The van der Waals surface area contributed by atoms with E-state index in [0.29, 0.717) is 11.7 Å². The Balaban J connectivity index is 2.60. The Labute approximate surface area is 122 Å². The number of halogens is 1. The average molecular weight is 325 g/mol. The van der Waals surface area contributed by atoms with Crippen LogP contribution in [0.15, 0.2) is 27.1 Å². The molecule has 3 heteroatoms. The summed E-state index contributed by atoms with van der Waals surface area (Å²) in [6, 6.07) is 6.06. The smallest absolute Gasteiger partial charge is 0.137 e. The Hall–Kier alpha value is -0.800. The second kappa shape index (κ2) is 4.95. The van der Waals surface area contributed by atoms with E-state index in [-0.39, 0.29) is 5.41 Å². The summed E-state index contributed by atoms with van der Waals surface area (Å²) in [5.74, 6) is 1.02. The number of benzene rings is 1. The number of hydrogen-bond acceptors (Lipinski definition) is 2. The minimum Gasteiger partial charge on any atom is -0.458 e. The van der Waals surface area contributed by atoms with Gasteiger partial charge in [0.15, 0.2) is 0 Å². The zero-order chi connectivity index (χ0) is 14.4. The predicted octanol–water partition coefficient (Wildman–Crippen LogP) is 5.40. The number of aliphatic hydroxyl groups excluding tert-OH is 1. The predicted molar refractivity (Wildman–Crippen MR) is 82.4 cm³/mol. The summed E-state index contributed by atoms with van der Waals surface area (Å²) >= 11 is 3.53. The first kappa shape index (κ1) is 14.6. The van der Waals surface area contributed by atoms with Crippen molar-refractivity contribution in [1.82, 2.24) is 0 Å². The van der Waals surface area contributed by atoms with E-state index < -0.39 is 6.10 Å². The van der Waals surface area contributed by atoms with Crippen LogP contribution in [0.2, 0.25) is 0 Å². The number of fused-ring (bicyclic) bond motifs is 1. The van der Waals surface area contributed by atoms with Crippen molar-refractivity contribution in [2.75, 3.05) is 0 Å². The number of hydrogen-bond donors (Lipinski definition) is 1. The molecule has 19 heavy (non-hydrogen) atoms. The Bertz CT molecular complexity index is 591. The first-order valence-corrected chi connectivity index (χ1v) is 7.40. The summed E-state index contributed by atoms with van der Waals surface area (Å²) in [5.41, 5.74) is 1.82. The number of furan rings is 1. The topological polar surface area (TPSA) is 33.4 Å². The molecule has 0 aliphatic rings. The highest BCUT2D eigenvalue weighted by Crippen LogP contribution is 2.38.